The third kappa shape index (κ3) is 3.97. The lowest BCUT2D eigenvalue weighted by Crippen LogP contribution is -2.11. The molecule has 0 aliphatic carbocycles. The molecule has 30 heavy (non-hydrogen) atoms. The summed E-state index contributed by atoms with van der Waals surface area (Å²) in [7, 11) is 0. The number of rotatable bonds is 4. The van der Waals surface area contributed by atoms with Crippen LogP contribution in [-0.2, 0) is 12.7 Å². The minimum atomic E-state index is -4.58. The number of aromatic nitrogens is 3. The van der Waals surface area contributed by atoms with Gasteiger partial charge in [0.1, 0.15) is 0 Å². The molecular weight excluding hydrogens is 437 g/mol. The first-order chi connectivity index (χ1) is 14.2. The molecule has 0 fully saturated rings. The van der Waals surface area contributed by atoms with Crippen LogP contribution in [0.1, 0.15) is 20.8 Å². The molecule has 0 unspecified atom stereocenters. The van der Waals surface area contributed by atoms with Gasteiger partial charge in [-0.3, -0.25) is 15.8 Å². The molecule has 12 heteroatoms. The van der Waals surface area contributed by atoms with E-state index in [4.69, 9.17) is 11.5 Å². The van der Waals surface area contributed by atoms with Crippen molar-refractivity contribution in [3.05, 3.63) is 52.5 Å². The molecule has 0 radical (unpaired) electrons. The van der Waals surface area contributed by atoms with Crippen molar-refractivity contribution in [2.45, 2.75) is 12.7 Å². The molecule has 0 bridgehead atoms. The van der Waals surface area contributed by atoms with Crippen LogP contribution in [0.4, 0.5) is 24.3 Å². The van der Waals surface area contributed by atoms with Crippen LogP contribution in [0.2, 0.25) is 0 Å². The summed E-state index contributed by atoms with van der Waals surface area (Å²) in [5.74, 6) is -0.243. The van der Waals surface area contributed by atoms with Crippen LogP contribution in [0.15, 0.2) is 36.5 Å². The number of thiazole rings is 1. The number of benzene rings is 1. The predicted molar refractivity (Wildman–Crippen MR) is 109 cm³/mol. The Hall–Kier alpha value is -3.09. The van der Waals surface area contributed by atoms with Gasteiger partial charge in [-0.2, -0.15) is 13.2 Å². The molecule has 0 aliphatic rings. The summed E-state index contributed by atoms with van der Waals surface area (Å²) in [4.78, 5) is 24.5. The van der Waals surface area contributed by atoms with Crippen molar-refractivity contribution in [1.29, 1.82) is 0 Å². The van der Waals surface area contributed by atoms with Gasteiger partial charge in [0.25, 0.3) is 5.91 Å². The smallest absolute Gasteiger partial charge is 0.326 e. The van der Waals surface area contributed by atoms with E-state index in [0.29, 0.717) is 20.8 Å². The van der Waals surface area contributed by atoms with Crippen molar-refractivity contribution in [1.82, 2.24) is 9.97 Å². The van der Waals surface area contributed by atoms with E-state index >= 15 is 0 Å². The second-order valence-electron chi connectivity index (χ2n) is 6.19. The fourth-order valence-electron chi connectivity index (χ4n) is 2.77. The molecule has 0 aliphatic heterocycles. The second-order valence-corrected chi connectivity index (χ2v) is 8.30. The summed E-state index contributed by atoms with van der Waals surface area (Å²) in [6, 6.07) is 7.56. The van der Waals surface area contributed by atoms with Crippen LogP contribution in [0, 0.1) is 0 Å². The fourth-order valence-corrected chi connectivity index (χ4v) is 4.60. The van der Waals surface area contributed by atoms with Gasteiger partial charge in [-0.1, -0.05) is 16.3 Å². The minimum Gasteiger partial charge on any atom is -0.326 e. The van der Waals surface area contributed by atoms with Gasteiger partial charge >= 0.3 is 12.1 Å². The third-order valence-electron chi connectivity index (χ3n) is 4.11. The lowest BCUT2D eigenvalue weighted by Gasteiger charge is -2.08. The van der Waals surface area contributed by atoms with Gasteiger partial charge in [-0.25, -0.2) is 9.97 Å². The summed E-state index contributed by atoms with van der Waals surface area (Å²) in [6.45, 7) is -0.0353. The number of carbonyl (C=O) groups excluding carboxylic acids is 1. The normalized spacial score (nSPS) is 11.7. The van der Waals surface area contributed by atoms with Crippen LogP contribution in [0.5, 0.6) is 0 Å². The maximum Gasteiger partial charge on any atom is 0.418 e. The van der Waals surface area contributed by atoms with Crippen LogP contribution in [0.3, 0.4) is 0 Å². The number of H-pyrrole nitrogens is 1. The number of thiophene rings is 1. The highest BCUT2D eigenvalue weighted by molar-refractivity contribution is 7.22. The number of nitrogen functional groups attached to an aromatic ring is 1. The molecule has 0 saturated heterocycles. The molecule has 1 amide bonds. The highest BCUT2D eigenvalue weighted by atomic mass is 32.1. The number of anilines is 2. The van der Waals surface area contributed by atoms with Gasteiger partial charge in [-0.15, -0.1) is 11.3 Å². The zero-order chi connectivity index (χ0) is 21.5. The molecule has 154 valence electrons. The summed E-state index contributed by atoms with van der Waals surface area (Å²) in [5.41, 5.74) is 11.0. The second kappa shape index (κ2) is 7.63. The van der Waals surface area contributed by atoms with Crippen LogP contribution in [-0.4, -0.2) is 15.9 Å². The summed E-state index contributed by atoms with van der Waals surface area (Å²) < 4.78 is 40.5. The molecule has 4 aromatic rings. The Labute approximate surface area is 175 Å². The number of nitrogens with two attached hydrogens (primary N) is 2. The van der Waals surface area contributed by atoms with Gasteiger partial charge in [0.2, 0.25) is 0 Å². The first-order valence-corrected chi connectivity index (χ1v) is 10.1. The van der Waals surface area contributed by atoms with Gasteiger partial charge in [-0.05, 0) is 29.8 Å². The molecule has 0 atom stereocenters. The Bertz CT molecular complexity index is 1250. The average Bonchev–Trinajstić information content (AvgIpc) is 3.33. The Morgan fingerprint density at radius 2 is 1.97 bits per heavy atom. The Balaban J connectivity index is 1.62. The SMILES string of the molecule is NCc1cc(C(F)(F)F)c2nc(NC(=O)c3ccc(-c4cc[nH+]c(N)n4)s3)sc2c1. The molecule has 3 aromatic heterocycles. The number of fused-ring (bicyclic) bond motifs is 1. The Kier molecular flexibility index (Phi) is 5.13. The summed E-state index contributed by atoms with van der Waals surface area (Å²) in [5, 5.41) is 2.64. The van der Waals surface area contributed by atoms with E-state index in [0.717, 1.165) is 22.3 Å². The number of hydrogen-bond acceptors (Lipinski definition) is 7. The van der Waals surface area contributed by atoms with Crippen LogP contribution >= 0.6 is 22.7 Å². The number of hydrogen-bond donors (Lipinski definition) is 3. The highest BCUT2D eigenvalue weighted by Gasteiger charge is 2.34. The van der Waals surface area contributed by atoms with Gasteiger partial charge < -0.3 is 5.73 Å². The first kappa shape index (κ1) is 20.2. The number of carbonyl (C=O) groups is 1. The van der Waals surface area contributed by atoms with E-state index < -0.39 is 17.6 Å². The van der Waals surface area contributed by atoms with E-state index in [2.05, 4.69) is 20.3 Å². The van der Waals surface area contributed by atoms with Gasteiger partial charge in [0, 0.05) is 12.6 Å². The molecule has 3 heterocycles. The van der Waals surface area contributed by atoms with Crippen molar-refractivity contribution in [2.24, 2.45) is 5.73 Å². The fraction of sp³-hybridized carbons (Fsp3) is 0.111. The molecule has 6 N–H and O–H groups in total. The molecule has 7 nitrogen and oxygen atoms in total. The van der Waals surface area contributed by atoms with Gasteiger partial charge in [0.05, 0.1) is 31.7 Å². The zero-order valence-corrected chi connectivity index (χ0v) is 16.7. The lowest BCUT2D eigenvalue weighted by atomic mass is 10.1. The summed E-state index contributed by atoms with van der Waals surface area (Å²) in [6.07, 6.45) is -2.95. The molecular formula is C18H14F3N6OS2+. The van der Waals surface area contributed by atoms with Gasteiger partial charge in [0.15, 0.2) is 10.8 Å². The number of amides is 1. The molecule has 0 saturated carbocycles. The Morgan fingerprint density at radius 1 is 1.17 bits per heavy atom. The van der Waals surface area contributed by atoms with Crippen molar-refractivity contribution >= 4 is 49.9 Å². The zero-order valence-electron chi connectivity index (χ0n) is 15.1. The van der Waals surface area contributed by atoms with E-state index in [1.54, 1.807) is 30.5 Å². The molecule has 4 rings (SSSR count). The van der Waals surface area contributed by atoms with Crippen molar-refractivity contribution in [3.8, 4) is 10.6 Å². The van der Waals surface area contributed by atoms with Crippen molar-refractivity contribution in [3.63, 3.8) is 0 Å². The highest BCUT2D eigenvalue weighted by Crippen LogP contribution is 2.39. The molecule has 1 aromatic carbocycles. The Morgan fingerprint density at radius 3 is 2.67 bits per heavy atom. The minimum absolute atomic E-state index is 0.0353. The van der Waals surface area contributed by atoms with Crippen LogP contribution < -0.4 is 21.8 Å². The van der Waals surface area contributed by atoms with E-state index in [9.17, 15) is 18.0 Å². The van der Waals surface area contributed by atoms with E-state index in [1.807, 2.05) is 0 Å². The van der Waals surface area contributed by atoms with Crippen molar-refractivity contribution in [2.75, 3.05) is 11.1 Å². The average molecular weight is 451 g/mol. The predicted octanol–water partition coefficient (Wildman–Crippen LogP) is 3.55. The van der Waals surface area contributed by atoms with Crippen LogP contribution in [0.25, 0.3) is 20.8 Å². The number of aromatic amines is 1. The largest absolute Gasteiger partial charge is 0.418 e. The number of nitrogens with zero attached hydrogens (tertiary/aromatic N) is 2. The quantitative estimate of drug-likeness (QED) is 0.438. The monoisotopic (exact) mass is 451 g/mol. The molecule has 0 spiro atoms. The van der Waals surface area contributed by atoms with E-state index in [1.165, 1.54) is 11.3 Å². The number of alkyl halides is 3. The first-order valence-electron chi connectivity index (χ1n) is 8.51. The number of halogens is 3. The summed E-state index contributed by atoms with van der Waals surface area (Å²) >= 11 is 2.14. The van der Waals surface area contributed by atoms with Crippen molar-refractivity contribution < 1.29 is 22.9 Å². The van der Waals surface area contributed by atoms with E-state index in [-0.39, 0.29) is 23.1 Å². The lowest BCUT2D eigenvalue weighted by molar-refractivity contribution is -0.364. The topological polar surface area (TPSA) is 121 Å². The maximum atomic E-state index is 13.4. The maximum absolute atomic E-state index is 13.4. The number of nitrogens with one attached hydrogen (secondary N) is 2. The standard InChI is InChI=1S/C18H13F3N6OS2/c19-18(20,21)9-5-8(7-22)6-13-14(9)26-17(30-13)27-15(28)12-2-1-11(29-12)10-3-4-24-16(23)25-10/h1-6H,7,22H2,(H2,23,24,25)(H,26,27,28)/p+1. The third-order valence-corrected chi connectivity index (χ3v) is 6.14.